The predicted octanol–water partition coefficient (Wildman–Crippen LogP) is 10.2. The molecule has 3 fully saturated rings. The van der Waals surface area contributed by atoms with Crippen molar-refractivity contribution in [1.82, 2.24) is 0 Å². The van der Waals surface area contributed by atoms with Crippen LogP contribution >= 0.6 is 0 Å². The number of hydrogen-bond acceptors (Lipinski definition) is 2. The first-order valence-corrected chi connectivity index (χ1v) is 16.9. The Hall–Kier alpha value is -1.23. The minimum Gasteiger partial charge on any atom is -0.445 e. The van der Waals surface area contributed by atoms with Gasteiger partial charge in [-0.05, 0) is 87.4 Å². The Labute approximate surface area is 235 Å². The maximum absolute atomic E-state index is 13.0. The Morgan fingerprint density at radius 3 is 2.08 bits per heavy atom. The van der Waals surface area contributed by atoms with Crippen molar-refractivity contribution in [3.8, 4) is 12.3 Å². The molecule has 0 aromatic heterocycles. The summed E-state index contributed by atoms with van der Waals surface area (Å²) in [5, 5.41) is 0. The summed E-state index contributed by atoms with van der Waals surface area (Å²) in [7, 11) is 0. The fraction of sp³-hybridized carbons (Fsp3) is 0.861. The average molecular weight is 523 g/mol. The number of rotatable bonds is 15. The van der Waals surface area contributed by atoms with Gasteiger partial charge in [0.25, 0.3) is 0 Å². The molecule has 0 aromatic carbocycles. The second-order valence-corrected chi connectivity index (χ2v) is 13.8. The lowest BCUT2D eigenvalue weighted by Crippen LogP contribution is -2.54. The number of allylic oxidation sites excluding steroid dienone is 2. The van der Waals surface area contributed by atoms with Crippen molar-refractivity contribution in [3.63, 3.8) is 0 Å². The van der Waals surface area contributed by atoms with Gasteiger partial charge >= 0.3 is 5.97 Å². The first-order valence-electron chi connectivity index (χ1n) is 16.9. The number of esters is 1. The van der Waals surface area contributed by atoms with Gasteiger partial charge in [-0.3, -0.25) is 4.79 Å². The average Bonchev–Trinajstić information content (AvgIpc) is 3.23. The van der Waals surface area contributed by atoms with Crippen LogP contribution in [0, 0.1) is 47.3 Å². The minimum absolute atomic E-state index is 0.0452. The van der Waals surface area contributed by atoms with Crippen molar-refractivity contribution in [1.29, 1.82) is 0 Å². The van der Waals surface area contributed by atoms with Gasteiger partial charge in [-0.1, -0.05) is 109 Å². The minimum atomic E-state index is -0.681. The molecule has 1 unspecified atom stereocenters. The van der Waals surface area contributed by atoms with Gasteiger partial charge in [0, 0.05) is 11.8 Å². The van der Waals surface area contributed by atoms with Crippen LogP contribution in [-0.2, 0) is 9.53 Å². The van der Waals surface area contributed by atoms with Crippen molar-refractivity contribution >= 4 is 5.97 Å². The van der Waals surface area contributed by atoms with Gasteiger partial charge in [-0.25, -0.2) is 0 Å². The standard InChI is InChI=1S/C36H58O2/c1-4-6-7-8-9-10-11-12-13-14-15-16-17-22-34(37)38-36(5-2)28-26-33-32-24-23-29-20-18-19-21-30(29)31(32)25-27-35(33,36)3/h2,18-19,29-33H,4,6-17,20-28H2,1,3H3/t29?,30-,31+,32+,33-,35-,36-/m0/s1. The molecule has 0 aromatic rings. The second kappa shape index (κ2) is 14.4. The van der Waals surface area contributed by atoms with Crippen molar-refractivity contribution in [2.75, 3.05) is 0 Å². The van der Waals surface area contributed by atoms with E-state index in [0.29, 0.717) is 12.3 Å². The van der Waals surface area contributed by atoms with Crippen LogP contribution in [0.15, 0.2) is 12.2 Å². The van der Waals surface area contributed by atoms with E-state index in [1.807, 2.05) is 0 Å². The first kappa shape index (κ1) is 29.7. The molecule has 0 aliphatic heterocycles. The van der Waals surface area contributed by atoms with E-state index in [2.05, 4.69) is 31.9 Å². The lowest BCUT2D eigenvalue weighted by molar-refractivity contribution is -0.171. The largest absolute Gasteiger partial charge is 0.445 e. The highest BCUT2D eigenvalue weighted by Gasteiger charge is 2.64. The van der Waals surface area contributed by atoms with Crippen LogP contribution in [-0.4, -0.2) is 11.6 Å². The molecule has 7 atom stereocenters. The zero-order valence-corrected chi connectivity index (χ0v) is 25.0. The summed E-state index contributed by atoms with van der Waals surface area (Å²) in [5.41, 5.74) is -0.731. The quantitative estimate of drug-likeness (QED) is 0.0925. The molecule has 3 saturated carbocycles. The molecule has 0 saturated heterocycles. The maximum Gasteiger partial charge on any atom is 0.307 e. The van der Waals surface area contributed by atoms with Crippen LogP contribution in [0.25, 0.3) is 0 Å². The molecule has 0 heterocycles. The highest BCUT2D eigenvalue weighted by Crippen LogP contribution is 2.65. The Balaban J connectivity index is 1.15. The van der Waals surface area contributed by atoms with E-state index in [-0.39, 0.29) is 11.4 Å². The Bertz CT molecular complexity index is 807. The summed E-state index contributed by atoms with van der Waals surface area (Å²) in [5.74, 6) is 7.08. The highest BCUT2D eigenvalue weighted by atomic mass is 16.6. The number of ether oxygens (including phenoxy) is 1. The summed E-state index contributed by atoms with van der Waals surface area (Å²) < 4.78 is 6.33. The summed E-state index contributed by atoms with van der Waals surface area (Å²) in [6, 6.07) is 0. The van der Waals surface area contributed by atoms with Crippen LogP contribution in [0.5, 0.6) is 0 Å². The lowest BCUT2D eigenvalue weighted by atomic mass is 9.49. The molecule has 0 bridgehead atoms. The summed E-state index contributed by atoms with van der Waals surface area (Å²) in [6.07, 6.45) is 38.5. The number of terminal acetylenes is 1. The van der Waals surface area contributed by atoms with Crippen LogP contribution in [0.1, 0.15) is 155 Å². The van der Waals surface area contributed by atoms with E-state index in [9.17, 15) is 4.79 Å². The molecule has 0 radical (unpaired) electrons. The summed E-state index contributed by atoms with van der Waals surface area (Å²) in [4.78, 5) is 13.0. The Morgan fingerprint density at radius 1 is 0.789 bits per heavy atom. The predicted molar refractivity (Wildman–Crippen MR) is 160 cm³/mol. The third-order valence-electron chi connectivity index (χ3n) is 11.7. The SMILES string of the molecule is C#C[C@]1(OC(=O)CCCCCCCCCCCCCCC)CC[C@H]2[C@@H]3CCC4CC=CC[C@@H]4[C@H]3CC[C@@]21C. The Morgan fingerprint density at radius 2 is 1.42 bits per heavy atom. The maximum atomic E-state index is 13.0. The number of fused-ring (bicyclic) bond motifs is 5. The molecule has 0 N–H and O–H groups in total. The van der Waals surface area contributed by atoms with E-state index in [4.69, 9.17) is 11.2 Å². The second-order valence-electron chi connectivity index (χ2n) is 13.8. The number of unbranched alkanes of at least 4 members (excludes halogenated alkanes) is 12. The smallest absolute Gasteiger partial charge is 0.307 e. The molecular weight excluding hydrogens is 464 g/mol. The molecular formula is C36H58O2. The molecule has 4 aliphatic rings. The summed E-state index contributed by atoms with van der Waals surface area (Å²) >= 11 is 0. The van der Waals surface area contributed by atoms with Gasteiger partial charge in [0.2, 0.25) is 0 Å². The van der Waals surface area contributed by atoms with E-state index in [0.717, 1.165) is 55.8 Å². The molecule has 0 amide bonds. The number of carbonyl (C=O) groups excluding carboxylic acids is 1. The van der Waals surface area contributed by atoms with Gasteiger partial charge in [0.1, 0.15) is 0 Å². The molecule has 2 heteroatoms. The molecule has 4 rings (SSSR count). The zero-order valence-electron chi connectivity index (χ0n) is 25.0. The van der Waals surface area contributed by atoms with Gasteiger partial charge in [-0.15, -0.1) is 6.42 Å². The monoisotopic (exact) mass is 522 g/mol. The summed E-state index contributed by atoms with van der Waals surface area (Å²) in [6.45, 7) is 4.66. The van der Waals surface area contributed by atoms with Crippen LogP contribution < -0.4 is 0 Å². The fourth-order valence-corrected chi connectivity index (χ4v) is 9.38. The molecule has 2 nitrogen and oxygen atoms in total. The third kappa shape index (κ3) is 6.73. The molecule has 0 spiro atoms. The zero-order chi connectivity index (χ0) is 26.8. The van der Waals surface area contributed by atoms with Crippen molar-refractivity contribution < 1.29 is 9.53 Å². The lowest BCUT2D eigenvalue weighted by Gasteiger charge is -2.56. The molecule has 4 aliphatic carbocycles. The van der Waals surface area contributed by atoms with Gasteiger partial charge in [-0.2, -0.15) is 0 Å². The van der Waals surface area contributed by atoms with Gasteiger partial charge < -0.3 is 4.74 Å². The van der Waals surface area contributed by atoms with Crippen LogP contribution in [0.4, 0.5) is 0 Å². The third-order valence-corrected chi connectivity index (χ3v) is 11.7. The molecule has 214 valence electrons. The van der Waals surface area contributed by atoms with E-state index >= 15 is 0 Å². The van der Waals surface area contributed by atoms with Gasteiger partial charge in [0.05, 0.1) is 0 Å². The fourth-order valence-electron chi connectivity index (χ4n) is 9.38. The normalized spacial score (nSPS) is 35.7. The van der Waals surface area contributed by atoms with E-state index < -0.39 is 5.60 Å². The Kier molecular flexibility index (Phi) is 11.3. The van der Waals surface area contributed by atoms with Crippen LogP contribution in [0.3, 0.4) is 0 Å². The first-order chi connectivity index (χ1) is 18.5. The van der Waals surface area contributed by atoms with Crippen molar-refractivity contribution in [2.24, 2.45) is 35.0 Å². The number of hydrogen-bond donors (Lipinski definition) is 0. The van der Waals surface area contributed by atoms with E-state index in [1.165, 1.54) is 103 Å². The van der Waals surface area contributed by atoms with Crippen molar-refractivity contribution in [3.05, 3.63) is 12.2 Å². The molecule has 38 heavy (non-hydrogen) atoms. The number of carbonyl (C=O) groups is 1. The van der Waals surface area contributed by atoms with Crippen LogP contribution in [0.2, 0.25) is 0 Å². The van der Waals surface area contributed by atoms with Crippen molar-refractivity contribution in [2.45, 2.75) is 161 Å². The topological polar surface area (TPSA) is 26.3 Å². The van der Waals surface area contributed by atoms with Gasteiger partial charge in [0.15, 0.2) is 5.60 Å². The van der Waals surface area contributed by atoms with E-state index in [1.54, 1.807) is 0 Å². The highest BCUT2D eigenvalue weighted by molar-refractivity contribution is 5.70.